The summed E-state index contributed by atoms with van der Waals surface area (Å²) in [6, 6.07) is 10.8. The molecule has 0 aliphatic heterocycles. The summed E-state index contributed by atoms with van der Waals surface area (Å²) in [5, 5.41) is 15.3. The molecule has 4 N–H and O–H groups in total. The molecule has 0 spiro atoms. The molecule has 0 bridgehead atoms. The Kier molecular flexibility index (Phi) is 3.24. The summed E-state index contributed by atoms with van der Waals surface area (Å²) in [4.78, 5) is 23.0. The van der Waals surface area contributed by atoms with Crippen molar-refractivity contribution >= 4 is 39.3 Å². The molecule has 0 aliphatic carbocycles. The zero-order valence-corrected chi connectivity index (χ0v) is 13.3. The number of nitrogens with two attached hydrogens (primary N) is 1. The summed E-state index contributed by atoms with van der Waals surface area (Å²) in [5.74, 6) is -0.692. The van der Waals surface area contributed by atoms with Gasteiger partial charge in [0.05, 0.1) is 22.9 Å². The minimum absolute atomic E-state index is 0.141. The lowest BCUT2D eigenvalue weighted by atomic mass is 10.1. The van der Waals surface area contributed by atoms with Crippen LogP contribution in [0.4, 0.5) is 5.69 Å². The highest BCUT2D eigenvalue weighted by molar-refractivity contribution is 6.12. The molecule has 2 aromatic heterocycles. The number of nitrogens with zero attached hydrogens (tertiary/aromatic N) is 3. The van der Waals surface area contributed by atoms with Gasteiger partial charge in [-0.15, -0.1) is 0 Å². The highest BCUT2D eigenvalue weighted by atomic mass is 16.1. The number of nitrogens with one attached hydrogen (secondary N) is 2. The number of primary amides is 1. The topological polar surface area (TPSA) is 119 Å². The minimum atomic E-state index is -0.551. The van der Waals surface area contributed by atoms with Crippen molar-refractivity contribution in [3.8, 4) is 5.69 Å². The molecule has 2 heterocycles. The van der Waals surface area contributed by atoms with Gasteiger partial charge in [-0.3, -0.25) is 19.4 Å². The molecule has 4 aromatic rings. The standard InChI is InChI=1S/C17H14N6O2/c1-9(24)20-10-2-4-11(5-3-10)23-16-12(15(22-23)17(18)25)6-7-14-13(16)8-19-21-14/h2-8,22H,1H3,(H2,18,25)(H,20,24). The lowest BCUT2D eigenvalue weighted by Gasteiger charge is -2.07. The number of anilines is 1. The van der Waals surface area contributed by atoms with Crippen molar-refractivity contribution in [1.29, 1.82) is 0 Å². The highest BCUT2D eigenvalue weighted by Gasteiger charge is 2.17. The van der Waals surface area contributed by atoms with Crippen LogP contribution in [0.15, 0.2) is 42.6 Å². The summed E-state index contributed by atoms with van der Waals surface area (Å²) in [7, 11) is 0. The number of aromatic amines is 1. The summed E-state index contributed by atoms with van der Waals surface area (Å²) in [6.07, 6.45) is 1.65. The average Bonchev–Trinajstić information content (AvgIpc) is 3.18. The van der Waals surface area contributed by atoms with E-state index in [-0.39, 0.29) is 5.91 Å². The van der Waals surface area contributed by atoms with E-state index in [1.54, 1.807) is 35.1 Å². The molecule has 2 aromatic carbocycles. The smallest absolute Gasteiger partial charge is 0.267 e. The number of carbonyl (C=O) groups is 2. The molecule has 4 rings (SSSR count). The molecular weight excluding hydrogens is 320 g/mol. The number of H-pyrrole nitrogens is 1. The Hall–Kier alpha value is -3.68. The molecule has 0 unspecified atom stereocenters. The number of aromatic nitrogens is 4. The molecule has 0 aliphatic rings. The molecule has 0 saturated heterocycles. The number of benzene rings is 2. The number of hydrogen-bond acceptors (Lipinski definition) is 4. The Morgan fingerprint density at radius 1 is 1.12 bits per heavy atom. The van der Waals surface area contributed by atoms with Crippen LogP contribution < -0.4 is 11.1 Å². The summed E-state index contributed by atoms with van der Waals surface area (Å²) >= 11 is 0. The van der Waals surface area contributed by atoms with Crippen molar-refractivity contribution in [3.05, 3.63) is 48.3 Å². The molecule has 8 nitrogen and oxygen atoms in total. The van der Waals surface area contributed by atoms with Gasteiger partial charge >= 0.3 is 0 Å². The molecule has 25 heavy (non-hydrogen) atoms. The number of carbonyl (C=O) groups excluding carboxylic acids is 2. The fraction of sp³-hybridized carbons (Fsp3) is 0.0588. The second-order valence-electron chi connectivity index (χ2n) is 5.65. The monoisotopic (exact) mass is 334 g/mol. The van der Waals surface area contributed by atoms with Gasteiger partial charge < -0.3 is 11.1 Å². The zero-order chi connectivity index (χ0) is 17.6. The first-order chi connectivity index (χ1) is 12.0. The summed E-state index contributed by atoms with van der Waals surface area (Å²) in [5.41, 5.74) is 8.77. The Balaban J connectivity index is 1.95. The largest absolute Gasteiger partial charge is 0.364 e. The van der Waals surface area contributed by atoms with Gasteiger partial charge in [-0.2, -0.15) is 10.2 Å². The van der Waals surface area contributed by atoms with Crippen molar-refractivity contribution < 1.29 is 9.59 Å². The van der Waals surface area contributed by atoms with E-state index in [4.69, 9.17) is 5.73 Å². The van der Waals surface area contributed by atoms with Crippen LogP contribution in [0.1, 0.15) is 17.4 Å². The molecule has 0 atom stereocenters. The van der Waals surface area contributed by atoms with Crippen molar-refractivity contribution in [1.82, 2.24) is 20.0 Å². The Morgan fingerprint density at radius 2 is 1.88 bits per heavy atom. The first-order valence-corrected chi connectivity index (χ1v) is 7.57. The Labute approximate surface area is 141 Å². The molecular formula is C17H14N6O2. The lowest BCUT2D eigenvalue weighted by Crippen LogP contribution is -2.12. The lowest BCUT2D eigenvalue weighted by molar-refractivity contribution is -0.114. The second kappa shape index (κ2) is 5.45. The van der Waals surface area contributed by atoms with E-state index >= 15 is 0 Å². The Bertz CT molecular complexity index is 1120. The van der Waals surface area contributed by atoms with Crippen molar-refractivity contribution in [2.75, 3.05) is 5.32 Å². The zero-order valence-electron chi connectivity index (χ0n) is 13.3. The van der Waals surface area contributed by atoms with Crippen LogP contribution in [-0.4, -0.2) is 31.8 Å². The van der Waals surface area contributed by atoms with Crippen LogP contribution in [0.3, 0.4) is 0 Å². The van der Waals surface area contributed by atoms with Crippen molar-refractivity contribution in [2.24, 2.45) is 5.73 Å². The van der Waals surface area contributed by atoms with Gasteiger partial charge in [0.2, 0.25) is 5.91 Å². The van der Waals surface area contributed by atoms with Gasteiger partial charge in [0.15, 0.2) is 0 Å². The van der Waals surface area contributed by atoms with E-state index in [0.29, 0.717) is 16.8 Å². The van der Waals surface area contributed by atoms with E-state index in [2.05, 4.69) is 20.6 Å². The third-order valence-corrected chi connectivity index (χ3v) is 3.96. The average molecular weight is 334 g/mol. The summed E-state index contributed by atoms with van der Waals surface area (Å²) < 4.78 is 1.76. The molecule has 0 fully saturated rings. The molecule has 124 valence electrons. The van der Waals surface area contributed by atoms with Crippen molar-refractivity contribution in [3.63, 3.8) is 0 Å². The van der Waals surface area contributed by atoms with E-state index in [0.717, 1.165) is 22.1 Å². The fourth-order valence-electron chi connectivity index (χ4n) is 2.91. The van der Waals surface area contributed by atoms with Crippen LogP contribution in [0.5, 0.6) is 0 Å². The van der Waals surface area contributed by atoms with Crippen LogP contribution in [0.25, 0.3) is 27.5 Å². The number of hydrogen-bond donors (Lipinski definition) is 3. The van der Waals surface area contributed by atoms with E-state index < -0.39 is 5.91 Å². The minimum Gasteiger partial charge on any atom is -0.364 e. The maximum atomic E-state index is 11.8. The molecule has 8 heteroatoms. The third-order valence-electron chi connectivity index (χ3n) is 3.96. The van der Waals surface area contributed by atoms with E-state index in [9.17, 15) is 9.59 Å². The van der Waals surface area contributed by atoms with Gasteiger partial charge in [-0.05, 0) is 36.4 Å². The predicted octanol–water partition coefficient (Wildman–Crippen LogP) is 1.96. The first-order valence-electron chi connectivity index (χ1n) is 7.57. The third kappa shape index (κ3) is 2.40. The number of amides is 2. The van der Waals surface area contributed by atoms with Crippen LogP contribution in [-0.2, 0) is 4.79 Å². The number of fused-ring (bicyclic) bond motifs is 3. The van der Waals surface area contributed by atoms with Crippen LogP contribution >= 0.6 is 0 Å². The first kappa shape index (κ1) is 14.9. The number of rotatable bonds is 3. The summed E-state index contributed by atoms with van der Waals surface area (Å²) in [6.45, 7) is 1.45. The molecule has 0 radical (unpaired) electrons. The fourth-order valence-corrected chi connectivity index (χ4v) is 2.91. The van der Waals surface area contributed by atoms with Gasteiger partial charge in [0.1, 0.15) is 5.69 Å². The second-order valence-corrected chi connectivity index (χ2v) is 5.65. The van der Waals surface area contributed by atoms with Gasteiger partial charge in [-0.25, -0.2) is 0 Å². The normalized spacial score (nSPS) is 11.1. The van der Waals surface area contributed by atoms with Crippen LogP contribution in [0.2, 0.25) is 0 Å². The quantitative estimate of drug-likeness (QED) is 0.530. The molecule has 2 amide bonds. The maximum absolute atomic E-state index is 11.8. The Morgan fingerprint density at radius 3 is 2.56 bits per heavy atom. The van der Waals surface area contributed by atoms with E-state index in [1.807, 2.05) is 12.1 Å². The SMILES string of the molecule is CC(=O)Nc1ccc(-n2[nH]c(C(N)=O)c3ccc4nncc4c32)cc1. The van der Waals surface area contributed by atoms with Gasteiger partial charge in [0.25, 0.3) is 5.91 Å². The molecule has 0 saturated carbocycles. The van der Waals surface area contributed by atoms with Gasteiger partial charge in [0, 0.05) is 23.4 Å². The maximum Gasteiger partial charge on any atom is 0.267 e. The van der Waals surface area contributed by atoms with Crippen molar-refractivity contribution in [2.45, 2.75) is 6.92 Å². The van der Waals surface area contributed by atoms with E-state index in [1.165, 1.54) is 6.92 Å². The highest BCUT2D eigenvalue weighted by Crippen LogP contribution is 2.29. The predicted molar refractivity (Wildman–Crippen MR) is 93.5 cm³/mol. The van der Waals surface area contributed by atoms with Crippen LogP contribution in [0, 0.1) is 0 Å². The van der Waals surface area contributed by atoms with Gasteiger partial charge in [-0.1, -0.05) is 0 Å².